The molecule has 0 atom stereocenters. The van der Waals surface area contributed by atoms with E-state index in [4.69, 9.17) is 18.9 Å². The third-order valence-electron chi connectivity index (χ3n) is 4.14. The Balaban J connectivity index is 1.50. The molecule has 0 fully saturated rings. The van der Waals surface area contributed by atoms with E-state index in [0.717, 1.165) is 17.1 Å². The van der Waals surface area contributed by atoms with Crippen molar-refractivity contribution in [2.24, 2.45) is 0 Å². The van der Waals surface area contributed by atoms with Crippen LogP contribution in [-0.2, 0) is 0 Å². The van der Waals surface area contributed by atoms with Crippen molar-refractivity contribution >= 4 is 23.0 Å². The summed E-state index contributed by atoms with van der Waals surface area (Å²) in [4.78, 5) is 8.54. The average Bonchev–Trinajstić information content (AvgIpc) is 2.74. The Morgan fingerprint density at radius 3 is 2.11 bits per heavy atom. The van der Waals surface area contributed by atoms with Crippen molar-refractivity contribution in [3.63, 3.8) is 0 Å². The molecule has 3 aromatic rings. The van der Waals surface area contributed by atoms with Gasteiger partial charge in [-0.1, -0.05) is 0 Å². The van der Waals surface area contributed by atoms with Gasteiger partial charge in [0.15, 0.2) is 23.0 Å². The normalized spacial score (nSPS) is 12.2. The van der Waals surface area contributed by atoms with Gasteiger partial charge >= 0.3 is 0 Å². The van der Waals surface area contributed by atoms with E-state index in [2.05, 4.69) is 20.6 Å². The second kappa shape index (κ2) is 7.91. The van der Waals surface area contributed by atoms with E-state index in [9.17, 15) is 0 Å². The van der Waals surface area contributed by atoms with Crippen LogP contribution in [0.3, 0.4) is 0 Å². The Morgan fingerprint density at radius 2 is 1.39 bits per heavy atom. The number of hydrogen-bond acceptors (Lipinski definition) is 8. The van der Waals surface area contributed by atoms with Gasteiger partial charge < -0.3 is 29.6 Å². The predicted molar refractivity (Wildman–Crippen MR) is 106 cm³/mol. The molecule has 1 aliphatic rings. The van der Waals surface area contributed by atoms with Crippen molar-refractivity contribution in [2.75, 3.05) is 38.1 Å². The summed E-state index contributed by atoms with van der Waals surface area (Å²) in [6, 6.07) is 13.0. The first-order valence-corrected chi connectivity index (χ1v) is 8.73. The lowest BCUT2D eigenvalue weighted by molar-refractivity contribution is 0.171. The quantitative estimate of drug-likeness (QED) is 0.669. The molecule has 2 heterocycles. The zero-order valence-corrected chi connectivity index (χ0v) is 15.6. The zero-order valence-electron chi connectivity index (χ0n) is 15.6. The summed E-state index contributed by atoms with van der Waals surface area (Å²) >= 11 is 0. The van der Waals surface area contributed by atoms with Crippen LogP contribution in [0.4, 0.5) is 23.0 Å². The van der Waals surface area contributed by atoms with Crippen molar-refractivity contribution in [1.29, 1.82) is 0 Å². The smallest absolute Gasteiger partial charge is 0.163 e. The lowest BCUT2D eigenvalue weighted by atomic mass is 10.2. The van der Waals surface area contributed by atoms with Crippen LogP contribution < -0.4 is 29.6 Å². The lowest BCUT2D eigenvalue weighted by Gasteiger charge is -2.19. The number of rotatable bonds is 6. The first-order valence-electron chi connectivity index (χ1n) is 8.73. The van der Waals surface area contributed by atoms with Gasteiger partial charge in [-0.05, 0) is 24.3 Å². The first kappa shape index (κ1) is 17.7. The fourth-order valence-corrected chi connectivity index (χ4v) is 2.82. The van der Waals surface area contributed by atoms with Crippen molar-refractivity contribution in [2.45, 2.75) is 0 Å². The number of nitrogens with one attached hydrogen (secondary N) is 2. The van der Waals surface area contributed by atoms with Gasteiger partial charge in [-0.15, -0.1) is 0 Å². The maximum absolute atomic E-state index is 5.61. The van der Waals surface area contributed by atoms with Gasteiger partial charge in [0.05, 0.1) is 14.2 Å². The molecule has 0 saturated heterocycles. The van der Waals surface area contributed by atoms with Gasteiger partial charge in [0, 0.05) is 29.6 Å². The molecule has 2 aromatic carbocycles. The summed E-state index contributed by atoms with van der Waals surface area (Å²) in [5.41, 5.74) is 1.67. The standard InChI is InChI=1S/C20H20N4O4/c1-25-15-5-3-13(9-17(15)26-2)23-19-11-20(22-12-21-19)24-14-4-6-16-18(10-14)28-8-7-27-16/h3-6,9-12H,7-8H2,1-2H3,(H2,21,22,23,24). The molecule has 0 radical (unpaired) electrons. The second-order valence-corrected chi connectivity index (χ2v) is 5.97. The Kier molecular flexibility index (Phi) is 5.01. The maximum atomic E-state index is 5.61. The van der Waals surface area contributed by atoms with Crippen LogP contribution in [0.5, 0.6) is 23.0 Å². The number of nitrogens with zero attached hydrogens (tertiary/aromatic N) is 2. The minimum absolute atomic E-state index is 0.545. The van der Waals surface area contributed by atoms with Gasteiger partial charge in [0.25, 0.3) is 0 Å². The van der Waals surface area contributed by atoms with Crippen molar-refractivity contribution in [3.05, 3.63) is 48.8 Å². The predicted octanol–water partition coefficient (Wildman–Crippen LogP) is 3.75. The van der Waals surface area contributed by atoms with E-state index >= 15 is 0 Å². The lowest BCUT2D eigenvalue weighted by Crippen LogP contribution is -2.15. The molecule has 0 saturated carbocycles. The third kappa shape index (κ3) is 3.85. The SMILES string of the molecule is COc1ccc(Nc2cc(Nc3ccc4c(c3)OCCO4)ncn2)cc1OC. The maximum Gasteiger partial charge on any atom is 0.163 e. The van der Waals surface area contributed by atoms with Crippen LogP contribution in [-0.4, -0.2) is 37.4 Å². The number of hydrogen-bond donors (Lipinski definition) is 2. The monoisotopic (exact) mass is 380 g/mol. The highest BCUT2D eigenvalue weighted by molar-refractivity contribution is 5.66. The summed E-state index contributed by atoms with van der Waals surface area (Å²) in [5, 5.41) is 6.48. The van der Waals surface area contributed by atoms with Crippen molar-refractivity contribution in [3.8, 4) is 23.0 Å². The molecule has 0 bridgehead atoms. The molecule has 0 amide bonds. The van der Waals surface area contributed by atoms with Gasteiger partial charge in [-0.3, -0.25) is 0 Å². The highest BCUT2D eigenvalue weighted by Gasteiger charge is 2.12. The summed E-state index contributed by atoms with van der Waals surface area (Å²) in [5.74, 6) is 4.05. The molecular weight excluding hydrogens is 360 g/mol. The van der Waals surface area contributed by atoms with E-state index in [1.54, 1.807) is 14.2 Å². The summed E-state index contributed by atoms with van der Waals surface area (Å²) in [6.07, 6.45) is 1.49. The molecule has 1 aromatic heterocycles. The fraction of sp³-hybridized carbons (Fsp3) is 0.200. The largest absolute Gasteiger partial charge is 0.493 e. The molecule has 0 spiro atoms. The van der Waals surface area contributed by atoms with Crippen LogP contribution in [0.15, 0.2) is 48.8 Å². The summed E-state index contributed by atoms with van der Waals surface area (Å²) < 4.78 is 21.7. The minimum atomic E-state index is 0.545. The highest BCUT2D eigenvalue weighted by atomic mass is 16.6. The van der Waals surface area contributed by atoms with Crippen LogP contribution in [0.2, 0.25) is 0 Å². The van der Waals surface area contributed by atoms with E-state index in [0.29, 0.717) is 42.1 Å². The Morgan fingerprint density at radius 1 is 0.750 bits per heavy atom. The first-order chi connectivity index (χ1) is 13.7. The number of fused-ring (bicyclic) bond motifs is 1. The minimum Gasteiger partial charge on any atom is -0.493 e. The van der Waals surface area contributed by atoms with E-state index < -0.39 is 0 Å². The van der Waals surface area contributed by atoms with Crippen molar-refractivity contribution in [1.82, 2.24) is 9.97 Å². The number of benzene rings is 2. The molecular formula is C20H20N4O4. The average molecular weight is 380 g/mol. The fourth-order valence-electron chi connectivity index (χ4n) is 2.82. The second-order valence-electron chi connectivity index (χ2n) is 5.97. The van der Waals surface area contributed by atoms with Gasteiger partial charge in [-0.2, -0.15) is 0 Å². The van der Waals surface area contributed by atoms with Gasteiger partial charge in [0.2, 0.25) is 0 Å². The third-order valence-corrected chi connectivity index (χ3v) is 4.14. The highest BCUT2D eigenvalue weighted by Crippen LogP contribution is 2.34. The summed E-state index contributed by atoms with van der Waals surface area (Å²) in [6.45, 7) is 1.11. The van der Waals surface area contributed by atoms with E-state index in [1.807, 2.05) is 42.5 Å². The van der Waals surface area contributed by atoms with E-state index in [-0.39, 0.29) is 0 Å². The molecule has 144 valence electrons. The van der Waals surface area contributed by atoms with Crippen LogP contribution in [0, 0.1) is 0 Å². The Labute approximate surface area is 162 Å². The molecule has 8 heteroatoms. The van der Waals surface area contributed by atoms with Gasteiger partial charge in [0.1, 0.15) is 31.2 Å². The molecule has 28 heavy (non-hydrogen) atoms. The van der Waals surface area contributed by atoms with Crippen LogP contribution in [0.25, 0.3) is 0 Å². The summed E-state index contributed by atoms with van der Waals surface area (Å²) in [7, 11) is 3.20. The molecule has 1 aliphatic heterocycles. The molecule has 8 nitrogen and oxygen atoms in total. The van der Waals surface area contributed by atoms with Crippen molar-refractivity contribution < 1.29 is 18.9 Å². The molecule has 0 aliphatic carbocycles. The topological polar surface area (TPSA) is 86.8 Å². The number of anilines is 4. The number of methoxy groups -OCH3 is 2. The van der Waals surface area contributed by atoms with Crippen LogP contribution in [0.1, 0.15) is 0 Å². The van der Waals surface area contributed by atoms with Crippen LogP contribution >= 0.6 is 0 Å². The molecule has 2 N–H and O–H groups in total. The van der Waals surface area contributed by atoms with E-state index in [1.165, 1.54) is 6.33 Å². The molecule has 4 rings (SSSR count). The van der Waals surface area contributed by atoms with Gasteiger partial charge in [-0.25, -0.2) is 9.97 Å². The molecule has 0 unspecified atom stereocenters. The number of aromatic nitrogens is 2. The Hall–Kier alpha value is -3.68. The number of ether oxygens (including phenoxy) is 4. The zero-order chi connectivity index (χ0) is 19.3. The Bertz CT molecular complexity index is 923.